The number of nitrogens with zero attached hydrogens (tertiary/aromatic N) is 6. The van der Waals surface area contributed by atoms with Gasteiger partial charge in [0.15, 0.2) is 5.82 Å². The summed E-state index contributed by atoms with van der Waals surface area (Å²) in [5, 5.41) is 15.6. The predicted molar refractivity (Wildman–Crippen MR) is 161 cm³/mol. The number of anilines is 1. The number of ether oxygens (including phenoxy) is 2. The van der Waals surface area contributed by atoms with Gasteiger partial charge in [-0.25, -0.2) is 9.31 Å². The molecular formula is C33H34N6O3. The lowest BCUT2D eigenvalue weighted by molar-refractivity contribution is 0.0576. The fraction of sp³-hybridized carbons (Fsp3) is 0.333. The maximum atomic E-state index is 13.9. The molecule has 0 aliphatic carbocycles. The molecule has 0 N–H and O–H groups in total. The molecule has 1 aliphatic rings. The van der Waals surface area contributed by atoms with Crippen LogP contribution in [0.3, 0.4) is 0 Å². The second-order valence-electron chi connectivity index (χ2n) is 11.7. The van der Waals surface area contributed by atoms with Crippen LogP contribution in [-0.4, -0.2) is 44.1 Å². The normalized spacial score (nSPS) is 14.3. The van der Waals surface area contributed by atoms with Gasteiger partial charge in [-0.1, -0.05) is 36.4 Å². The molecule has 0 spiro atoms. The first kappa shape index (κ1) is 27.5. The second-order valence-corrected chi connectivity index (χ2v) is 11.7. The van der Waals surface area contributed by atoms with Gasteiger partial charge in [-0.15, -0.1) is 5.10 Å². The third-order valence-corrected chi connectivity index (χ3v) is 7.55. The van der Waals surface area contributed by atoms with E-state index in [1.165, 1.54) is 0 Å². The Morgan fingerprint density at radius 2 is 1.83 bits per heavy atom. The molecule has 9 nitrogen and oxygen atoms in total. The van der Waals surface area contributed by atoms with Crippen LogP contribution in [0, 0.1) is 18.3 Å². The van der Waals surface area contributed by atoms with Crippen LogP contribution in [0.5, 0.6) is 0 Å². The minimum Gasteiger partial charge on any atom is -0.443 e. The van der Waals surface area contributed by atoms with Gasteiger partial charge in [0.1, 0.15) is 11.1 Å². The van der Waals surface area contributed by atoms with Crippen LogP contribution in [0.15, 0.2) is 66.7 Å². The van der Waals surface area contributed by atoms with Crippen molar-refractivity contribution in [2.75, 3.05) is 18.1 Å². The molecule has 9 heteroatoms. The molecule has 0 bridgehead atoms. The zero-order chi connectivity index (χ0) is 29.4. The lowest BCUT2D eigenvalue weighted by atomic mass is 9.97. The van der Waals surface area contributed by atoms with Gasteiger partial charge in [0.25, 0.3) is 5.95 Å². The van der Waals surface area contributed by atoms with Gasteiger partial charge in [-0.05, 0) is 76.4 Å². The average molecular weight is 563 g/mol. The Kier molecular flexibility index (Phi) is 7.17. The Labute approximate surface area is 244 Å². The zero-order valence-electron chi connectivity index (χ0n) is 24.4. The quantitative estimate of drug-likeness (QED) is 0.237. The van der Waals surface area contributed by atoms with E-state index < -0.39 is 11.7 Å². The Hall–Kier alpha value is -4.68. The van der Waals surface area contributed by atoms with E-state index in [9.17, 15) is 10.1 Å². The second kappa shape index (κ2) is 11.0. The van der Waals surface area contributed by atoms with Gasteiger partial charge in [0.05, 0.1) is 23.7 Å². The fourth-order valence-corrected chi connectivity index (χ4v) is 5.62. The van der Waals surface area contributed by atoms with Crippen LogP contribution in [0.25, 0.3) is 22.4 Å². The van der Waals surface area contributed by atoms with E-state index in [1.54, 1.807) is 11.0 Å². The maximum Gasteiger partial charge on any atom is 0.416 e. The largest absolute Gasteiger partial charge is 0.443 e. The van der Waals surface area contributed by atoms with Crippen molar-refractivity contribution in [3.63, 3.8) is 0 Å². The van der Waals surface area contributed by atoms with Crippen LogP contribution in [0.4, 0.5) is 10.6 Å². The third kappa shape index (κ3) is 5.21. The van der Waals surface area contributed by atoms with Crippen molar-refractivity contribution >= 4 is 28.3 Å². The molecule has 6 rings (SSSR count). The molecule has 2 aromatic carbocycles. The van der Waals surface area contributed by atoms with Crippen LogP contribution in [0.2, 0.25) is 0 Å². The van der Waals surface area contributed by atoms with Crippen LogP contribution >= 0.6 is 0 Å². The summed E-state index contributed by atoms with van der Waals surface area (Å²) in [7, 11) is 0. The van der Waals surface area contributed by atoms with E-state index in [0.29, 0.717) is 36.1 Å². The number of benzene rings is 2. The highest BCUT2D eigenvalue weighted by Gasteiger charge is 2.30. The number of aromatic nitrogens is 4. The van der Waals surface area contributed by atoms with E-state index >= 15 is 0 Å². The molecule has 1 saturated heterocycles. The number of fused-ring (bicyclic) bond motifs is 2. The highest BCUT2D eigenvalue weighted by molar-refractivity contribution is 5.92. The van der Waals surface area contributed by atoms with Crippen molar-refractivity contribution in [2.45, 2.75) is 58.6 Å². The SMILES string of the molecule is Cc1cc2c(C#N)cccc2n1-c1nc(N(Cc2ccccc2)C(=O)OC(C)(C)C)c2ccc(C3CCOCC3)n2n1. The van der Waals surface area contributed by atoms with E-state index in [4.69, 9.17) is 19.6 Å². The molecule has 1 aliphatic heterocycles. The van der Waals surface area contributed by atoms with Gasteiger partial charge in [-0.2, -0.15) is 10.2 Å². The molecule has 214 valence electrons. The number of hydrogen-bond donors (Lipinski definition) is 0. The van der Waals surface area contributed by atoms with Crippen molar-refractivity contribution < 1.29 is 14.3 Å². The van der Waals surface area contributed by atoms with Gasteiger partial charge in [0, 0.05) is 35.9 Å². The summed E-state index contributed by atoms with van der Waals surface area (Å²) in [4.78, 5) is 20.5. The van der Waals surface area contributed by atoms with Gasteiger partial charge >= 0.3 is 6.09 Å². The lowest BCUT2D eigenvalue weighted by Gasteiger charge is -2.28. The predicted octanol–water partition coefficient (Wildman–Crippen LogP) is 6.69. The molecule has 5 aromatic rings. The fourth-order valence-electron chi connectivity index (χ4n) is 5.62. The van der Waals surface area contributed by atoms with E-state index in [-0.39, 0.29) is 12.5 Å². The topological polar surface area (TPSA) is 97.7 Å². The molecule has 0 radical (unpaired) electrons. The first-order valence-electron chi connectivity index (χ1n) is 14.3. The molecular weight excluding hydrogens is 528 g/mol. The third-order valence-electron chi connectivity index (χ3n) is 7.55. The summed E-state index contributed by atoms with van der Waals surface area (Å²) >= 11 is 0. The van der Waals surface area contributed by atoms with Gasteiger partial charge < -0.3 is 9.47 Å². The first-order valence-corrected chi connectivity index (χ1v) is 14.3. The summed E-state index contributed by atoms with van der Waals surface area (Å²) in [6, 6.07) is 23.8. The molecule has 42 heavy (non-hydrogen) atoms. The molecule has 3 aromatic heterocycles. The van der Waals surface area contributed by atoms with Gasteiger partial charge in [-0.3, -0.25) is 9.47 Å². The summed E-state index contributed by atoms with van der Waals surface area (Å²) < 4.78 is 15.4. The lowest BCUT2D eigenvalue weighted by Crippen LogP contribution is -2.37. The average Bonchev–Trinajstić information content (AvgIpc) is 3.56. The van der Waals surface area contributed by atoms with E-state index in [1.807, 2.05) is 91.4 Å². The molecule has 1 fully saturated rings. The first-order chi connectivity index (χ1) is 20.2. The standard InChI is InChI=1S/C33H34N6O3/c1-22-19-26-25(20-34)11-8-12-28(26)38(22)31-35-30(29-14-13-27(39(29)36-31)24-15-17-41-18-16-24)37(32(40)42-33(2,3)4)21-23-9-6-5-7-10-23/h5-14,19,24H,15-18,21H2,1-4H3. The summed E-state index contributed by atoms with van der Waals surface area (Å²) in [6.45, 7) is 9.19. The van der Waals surface area contributed by atoms with Crippen LogP contribution in [0.1, 0.15) is 62.0 Å². The zero-order valence-corrected chi connectivity index (χ0v) is 24.4. The van der Waals surface area contributed by atoms with Crippen molar-refractivity contribution in [2.24, 2.45) is 0 Å². The maximum absolute atomic E-state index is 13.9. The number of carbonyl (C=O) groups excluding carboxylic acids is 1. The Bertz CT molecular complexity index is 1800. The van der Waals surface area contributed by atoms with Crippen LogP contribution in [-0.2, 0) is 16.0 Å². The number of hydrogen-bond acceptors (Lipinski definition) is 6. The number of nitriles is 1. The number of aryl methyl sites for hydroxylation is 1. The van der Waals surface area contributed by atoms with E-state index in [2.05, 4.69) is 12.1 Å². The van der Waals surface area contributed by atoms with Crippen molar-refractivity contribution in [3.8, 4) is 12.0 Å². The summed E-state index contributed by atoms with van der Waals surface area (Å²) in [5.74, 6) is 1.12. The summed E-state index contributed by atoms with van der Waals surface area (Å²) in [5.41, 5.74) is 4.29. The highest BCUT2D eigenvalue weighted by atomic mass is 16.6. The van der Waals surface area contributed by atoms with Crippen LogP contribution < -0.4 is 4.90 Å². The monoisotopic (exact) mass is 562 g/mol. The highest BCUT2D eigenvalue weighted by Crippen LogP contribution is 2.33. The molecule has 0 saturated carbocycles. The number of amides is 1. The Morgan fingerprint density at radius 3 is 2.55 bits per heavy atom. The molecule has 4 heterocycles. The van der Waals surface area contributed by atoms with Crippen molar-refractivity contribution in [3.05, 3.63) is 89.2 Å². The summed E-state index contributed by atoms with van der Waals surface area (Å²) in [6.07, 6.45) is 1.28. The molecule has 1 amide bonds. The Balaban J connectivity index is 1.60. The minimum atomic E-state index is -0.700. The van der Waals surface area contributed by atoms with E-state index in [0.717, 1.165) is 40.7 Å². The van der Waals surface area contributed by atoms with Crippen molar-refractivity contribution in [1.29, 1.82) is 5.26 Å². The molecule has 0 atom stereocenters. The minimum absolute atomic E-state index is 0.258. The number of carbonyl (C=O) groups is 1. The smallest absolute Gasteiger partial charge is 0.416 e. The van der Waals surface area contributed by atoms with Gasteiger partial charge in [0.2, 0.25) is 0 Å². The van der Waals surface area contributed by atoms with Crippen molar-refractivity contribution in [1.82, 2.24) is 19.2 Å². The molecule has 0 unspecified atom stereocenters. The number of rotatable bonds is 5. The Morgan fingerprint density at radius 1 is 1.07 bits per heavy atom.